The van der Waals surface area contributed by atoms with E-state index in [1.165, 1.54) is 17.4 Å². The fourth-order valence-electron chi connectivity index (χ4n) is 2.63. The SMILES string of the molecule is C=CCOCOc1ccc(C(C)(C)c2ccc(OCCOC=C)cc2)cc1. The zero-order chi connectivity index (χ0) is 19.5. The molecule has 0 aliphatic carbocycles. The van der Waals surface area contributed by atoms with Crippen molar-refractivity contribution in [2.24, 2.45) is 0 Å². The van der Waals surface area contributed by atoms with E-state index in [-0.39, 0.29) is 12.2 Å². The molecule has 0 aliphatic rings. The van der Waals surface area contributed by atoms with Gasteiger partial charge in [0.25, 0.3) is 0 Å². The smallest absolute Gasteiger partial charge is 0.189 e. The summed E-state index contributed by atoms with van der Waals surface area (Å²) in [6, 6.07) is 16.3. The van der Waals surface area contributed by atoms with Gasteiger partial charge in [-0.15, -0.1) is 6.58 Å². The summed E-state index contributed by atoms with van der Waals surface area (Å²) in [6.45, 7) is 13.2. The first-order valence-electron chi connectivity index (χ1n) is 8.95. The van der Waals surface area contributed by atoms with Crippen molar-refractivity contribution in [1.29, 1.82) is 0 Å². The second-order valence-corrected chi connectivity index (χ2v) is 6.48. The number of hydrogen-bond acceptors (Lipinski definition) is 4. The van der Waals surface area contributed by atoms with E-state index < -0.39 is 0 Å². The van der Waals surface area contributed by atoms with Crippen LogP contribution >= 0.6 is 0 Å². The fourth-order valence-corrected chi connectivity index (χ4v) is 2.63. The Morgan fingerprint density at radius 1 is 0.815 bits per heavy atom. The largest absolute Gasteiger partial charge is 0.498 e. The lowest BCUT2D eigenvalue weighted by atomic mass is 9.78. The van der Waals surface area contributed by atoms with Crippen LogP contribution in [0.15, 0.2) is 74.0 Å². The topological polar surface area (TPSA) is 36.9 Å². The van der Waals surface area contributed by atoms with Gasteiger partial charge in [-0.2, -0.15) is 0 Å². The molecule has 0 heterocycles. The molecule has 2 rings (SSSR count). The molecule has 2 aromatic carbocycles. The Labute approximate surface area is 162 Å². The molecule has 27 heavy (non-hydrogen) atoms. The first-order chi connectivity index (χ1) is 13.1. The van der Waals surface area contributed by atoms with E-state index >= 15 is 0 Å². The first kappa shape index (κ1) is 20.6. The van der Waals surface area contributed by atoms with Crippen molar-refractivity contribution in [2.45, 2.75) is 19.3 Å². The Morgan fingerprint density at radius 2 is 1.37 bits per heavy atom. The van der Waals surface area contributed by atoms with Crippen LogP contribution in [0.2, 0.25) is 0 Å². The van der Waals surface area contributed by atoms with Crippen molar-refractivity contribution in [2.75, 3.05) is 26.6 Å². The molecule has 0 atom stereocenters. The number of benzene rings is 2. The molecule has 144 valence electrons. The predicted molar refractivity (Wildman–Crippen MR) is 108 cm³/mol. The molecule has 0 saturated heterocycles. The maximum absolute atomic E-state index is 5.64. The highest BCUT2D eigenvalue weighted by Crippen LogP contribution is 2.33. The molecule has 0 N–H and O–H groups in total. The van der Waals surface area contributed by atoms with Crippen LogP contribution in [0.1, 0.15) is 25.0 Å². The van der Waals surface area contributed by atoms with Crippen LogP contribution < -0.4 is 9.47 Å². The van der Waals surface area contributed by atoms with Gasteiger partial charge in [-0.25, -0.2) is 0 Å². The third kappa shape index (κ3) is 6.19. The lowest BCUT2D eigenvalue weighted by Crippen LogP contribution is -2.18. The second kappa shape index (κ2) is 10.4. The molecule has 0 spiro atoms. The van der Waals surface area contributed by atoms with Crippen molar-refractivity contribution < 1.29 is 18.9 Å². The van der Waals surface area contributed by atoms with Crippen LogP contribution in [0.5, 0.6) is 11.5 Å². The van der Waals surface area contributed by atoms with Gasteiger partial charge in [0.2, 0.25) is 0 Å². The Morgan fingerprint density at radius 3 is 1.89 bits per heavy atom. The van der Waals surface area contributed by atoms with Gasteiger partial charge in [-0.1, -0.05) is 50.8 Å². The molecule has 4 nitrogen and oxygen atoms in total. The minimum Gasteiger partial charge on any atom is -0.498 e. The molecule has 0 aromatic heterocycles. The third-order valence-corrected chi connectivity index (χ3v) is 4.28. The van der Waals surface area contributed by atoms with Gasteiger partial charge >= 0.3 is 0 Å². The van der Waals surface area contributed by atoms with E-state index in [4.69, 9.17) is 18.9 Å². The molecule has 0 bridgehead atoms. The molecule has 0 unspecified atom stereocenters. The average Bonchev–Trinajstić information content (AvgIpc) is 2.69. The van der Waals surface area contributed by atoms with Gasteiger partial charge < -0.3 is 18.9 Å². The summed E-state index contributed by atoms with van der Waals surface area (Å²) in [5.74, 6) is 1.61. The molecule has 0 aliphatic heterocycles. The van der Waals surface area contributed by atoms with Gasteiger partial charge in [-0.05, 0) is 35.4 Å². The van der Waals surface area contributed by atoms with Gasteiger partial charge in [0.15, 0.2) is 6.79 Å². The van der Waals surface area contributed by atoms with Crippen molar-refractivity contribution in [1.82, 2.24) is 0 Å². The first-order valence-corrected chi connectivity index (χ1v) is 8.95. The Balaban J connectivity index is 1.97. The Hall–Kier alpha value is -2.72. The summed E-state index contributed by atoms with van der Waals surface area (Å²) in [7, 11) is 0. The van der Waals surface area contributed by atoms with Crippen LogP contribution in [0.4, 0.5) is 0 Å². The van der Waals surface area contributed by atoms with Crippen molar-refractivity contribution in [3.63, 3.8) is 0 Å². The van der Waals surface area contributed by atoms with Gasteiger partial charge in [0.1, 0.15) is 24.7 Å². The van der Waals surface area contributed by atoms with Crippen LogP contribution in [-0.2, 0) is 14.9 Å². The highest BCUT2D eigenvalue weighted by molar-refractivity contribution is 5.41. The fraction of sp³-hybridized carbons (Fsp3) is 0.304. The van der Waals surface area contributed by atoms with Crippen molar-refractivity contribution >= 4 is 0 Å². The third-order valence-electron chi connectivity index (χ3n) is 4.28. The molecule has 0 fully saturated rings. The summed E-state index contributed by atoms with van der Waals surface area (Å²) in [6.07, 6.45) is 3.11. The van der Waals surface area contributed by atoms with Crippen LogP contribution in [-0.4, -0.2) is 26.6 Å². The molecular weight excluding hydrogens is 340 g/mol. The van der Waals surface area contributed by atoms with Crippen LogP contribution in [0.25, 0.3) is 0 Å². The second-order valence-electron chi connectivity index (χ2n) is 6.48. The van der Waals surface area contributed by atoms with Gasteiger partial charge in [0, 0.05) is 5.41 Å². The molecule has 4 heteroatoms. The van der Waals surface area contributed by atoms with E-state index in [0.29, 0.717) is 19.8 Å². The quantitative estimate of drug-likeness (QED) is 0.226. The van der Waals surface area contributed by atoms with E-state index in [0.717, 1.165) is 11.5 Å². The lowest BCUT2D eigenvalue weighted by molar-refractivity contribution is 0.0307. The maximum atomic E-state index is 5.64. The average molecular weight is 368 g/mol. The number of rotatable bonds is 12. The zero-order valence-corrected chi connectivity index (χ0v) is 16.1. The van der Waals surface area contributed by atoms with E-state index in [1.807, 2.05) is 24.3 Å². The minimum atomic E-state index is -0.137. The van der Waals surface area contributed by atoms with E-state index in [9.17, 15) is 0 Å². The van der Waals surface area contributed by atoms with Crippen LogP contribution in [0.3, 0.4) is 0 Å². The molecular formula is C23H28O4. The molecule has 0 saturated carbocycles. The molecule has 0 radical (unpaired) electrons. The number of hydrogen-bond donors (Lipinski definition) is 0. The Kier molecular flexibility index (Phi) is 7.96. The normalized spacial score (nSPS) is 10.9. The summed E-state index contributed by atoms with van der Waals surface area (Å²) in [5.41, 5.74) is 2.28. The van der Waals surface area contributed by atoms with Gasteiger partial charge in [-0.3, -0.25) is 0 Å². The zero-order valence-electron chi connectivity index (χ0n) is 16.1. The maximum Gasteiger partial charge on any atom is 0.189 e. The van der Waals surface area contributed by atoms with Crippen molar-refractivity contribution in [3.05, 3.63) is 85.2 Å². The van der Waals surface area contributed by atoms with E-state index in [1.54, 1.807) is 6.08 Å². The number of ether oxygens (including phenoxy) is 4. The molecule has 0 amide bonds. The minimum absolute atomic E-state index is 0.137. The van der Waals surface area contributed by atoms with Gasteiger partial charge in [0.05, 0.1) is 12.9 Å². The molecule has 2 aromatic rings. The summed E-state index contributed by atoms with van der Waals surface area (Å²) < 4.78 is 21.5. The summed E-state index contributed by atoms with van der Waals surface area (Å²) >= 11 is 0. The van der Waals surface area contributed by atoms with Crippen LogP contribution in [0, 0.1) is 0 Å². The highest BCUT2D eigenvalue weighted by atomic mass is 16.7. The summed E-state index contributed by atoms with van der Waals surface area (Å²) in [5, 5.41) is 0. The van der Waals surface area contributed by atoms with E-state index in [2.05, 4.69) is 51.3 Å². The monoisotopic (exact) mass is 368 g/mol. The Bertz CT molecular complexity index is 641. The highest BCUT2D eigenvalue weighted by Gasteiger charge is 2.23. The predicted octanol–water partition coefficient (Wildman–Crippen LogP) is 5.09. The lowest BCUT2D eigenvalue weighted by Gasteiger charge is -2.26. The summed E-state index contributed by atoms with van der Waals surface area (Å²) in [4.78, 5) is 0. The standard InChI is InChI=1S/C23H28O4/c1-5-15-25-18-27-22-13-9-20(10-14-22)23(3,4)19-7-11-21(12-8-19)26-17-16-24-6-2/h5-14H,1-2,15-18H2,3-4H3. The van der Waals surface area contributed by atoms with Crippen molar-refractivity contribution in [3.8, 4) is 11.5 Å².